The highest BCUT2D eigenvalue weighted by Crippen LogP contribution is 2.60. The molecule has 0 unspecified atom stereocenters. The molecule has 262 valence electrons. The number of pyridine rings is 2. The maximum absolute atomic E-state index is 15.0. The Morgan fingerprint density at radius 3 is 1.48 bits per heavy atom. The van der Waals surface area contributed by atoms with E-state index in [0.29, 0.717) is 64.4 Å². The number of nitrogens with zero attached hydrogens (tertiary/aromatic N) is 2. The molecule has 2 amide bonds. The van der Waals surface area contributed by atoms with Gasteiger partial charge >= 0.3 is 0 Å². The first-order valence-corrected chi connectivity index (χ1v) is 18.6. The fourth-order valence-corrected chi connectivity index (χ4v) is 8.66. The number of halogens is 2. The predicted octanol–water partition coefficient (Wildman–Crippen LogP) is 11.3. The molecule has 52 heavy (non-hydrogen) atoms. The largest absolute Gasteiger partial charge is 0.340 e. The lowest BCUT2D eigenvalue weighted by Gasteiger charge is -2.44. The van der Waals surface area contributed by atoms with Crippen LogP contribution >= 0.6 is 23.2 Å². The molecule has 2 aliphatic rings. The summed E-state index contributed by atoms with van der Waals surface area (Å²) in [5.41, 5.74) is 2.65. The highest BCUT2D eigenvalue weighted by atomic mass is 35.5. The standard InChI is InChI=1S/C42H38Cl2N6O2/c43-31-19-18-28(24-32(31)44)46-38-26-36(30-15-5-7-17-34(30)48-38)50-40(52)42(22-10-11-23-42)41(20-8-9-21-41)39(51)49-35-25-37(45-27-12-2-1-3-13-27)47-33-16-6-4-14-29(33)35/h1-7,12-19,24-26H,8-11,20-23H2,(H2,45,47,49,51)(H2,46,48,50,52). The number of fused-ring (bicyclic) bond motifs is 2. The average Bonchev–Trinajstić information content (AvgIpc) is 3.86. The van der Waals surface area contributed by atoms with Crippen LogP contribution in [0.3, 0.4) is 0 Å². The molecule has 0 radical (unpaired) electrons. The molecule has 2 fully saturated rings. The van der Waals surface area contributed by atoms with Crippen LogP contribution in [0.2, 0.25) is 10.0 Å². The monoisotopic (exact) mass is 728 g/mol. The molecular weight excluding hydrogens is 691 g/mol. The van der Waals surface area contributed by atoms with Crippen molar-refractivity contribution in [3.63, 3.8) is 0 Å². The number of nitrogens with one attached hydrogen (secondary N) is 4. The molecule has 2 aromatic heterocycles. The summed E-state index contributed by atoms with van der Waals surface area (Å²) in [7, 11) is 0. The first kappa shape index (κ1) is 33.9. The molecule has 0 saturated heterocycles. The summed E-state index contributed by atoms with van der Waals surface area (Å²) in [4.78, 5) is 39.6. The van der Waals surface area contributed by atoms with Crippen molar-refractivity contribution >= 4 is 91.2 Å². The van der Waals surface area contributed by atoms with Crippen LogP contribution in [0.1, 0.15) is 51.4 Å². The summed E-state index contributed by atoms with van der Waals surface area (Å²) < 4.78 is 0. The van der Waals surface area contributed by atoms with Gasteiger partial charge in [0, 0.05) is 34.3 Å². The van der Waals surface area contributed by atoms with E-state index in [0.717, 1.165) is 53.2 Å². The van der Waals surface area contributed by atoms with Gasteiger partial charge < -0.3 is 21.3 Å². The molecule has 4 N–H and O–H groups in total. The fourth-order valence-electron chi connectivity index (χ4n) is 8.36. The lowest BCUT2D eigenvalue weighted by Crippen LogP contribution is -2.53. The Morgan fingerprint density at radius 2 is 0.981 bits per heavy atom. The smallest absolute Gasteiger partial charge is 0.231 e. The van der Waals surface area contributed by atoms with Gasteiger partial charge in [0.25, 0.3) is 0 Å². The van der Waals surface area contributed by atoms with Crippen molar-refractivity contribution in [2.45, 2.75) is 51.4 Å². The summed E-state index contributed by atoms with van der Waals surface area (Å²) in [6.07, 6.45) is 6.10. The number of carbonyl (C=O) groups excluding carboxylic acids is 2. The Bertz CT molecular complexity index is 2300. The molecule has 8 rings (SSSR count). The van der Waals surface area contributed by atoms with Crippen LogP contribution < -0.4 is 21.3 Å². The van der Waals surface area contributed by atoms with Gasteiger partial charge in [-0.2, -0.15) is 0 Å². The van der Waals surface area contributed by atoms with E-state index >= 15 is 0 Å². The zero-order chi connectivity index (χ0) is 35.7. The SMILES string of the molecule is O=C(Nc1cc(Nc2ccccc2)nc2ccccc12)C1(C2(C(=O)Nc3cc(Nc4ccc(Cl)c(Cl)c4)nc4ccccc34)CCCC2)CCCC1. The van der Waals surface area contributed by atoms with Gasteiger partial charge in [-0.25, -0.2) is 9.97 Å². The van der Waals surface area contributed by atoms with Crippen LogP contribution in [0, 0.1) is 10.8 Å². The van der Waals surface area contributed by atoms with Gasteiger partial charge in [-0.1, -0.05) is 103 Å². The number of aromatic nitrogens is 2. The number of hydrogen-bond acceptors (Lipinski definition) is 6. The molecule has 8 nitrogen and oxygen atoms in total. The van der Waals surface area contributed by atoms with Crippen molar-refractivity contribution in [2.24, 2.45) is 10.8 Å². The quantitative estimate of drug-likeness (QED) is 0.118. The third kappa shape index (κ3) is 6.31. The maximum Gasteiger partial charge on any atom is 0.231 e. The molecular formula is C42H38Cl2N6O2. The van der Waals surface area contributed by atoms with Gasteiger partial charge in [0.1, 0.15) is 11.6 Å². The van der Waals surface area contributed by atoms with Crippen molar-refractivity contribution in [3.8, 4) is 0 Å². The Morgan fingerprint density at radius 1 is 0.519 bits per heavy atom. The maximum atomic E-state index is 15.0. The first-order chi connectivity index (χ1) is 25.3. The predicted molar refractivity (Wildman–Crippen MR) is 212 cm³/mol. The molecule has 2 aliphatic carbocycles. The summed E-state index contributed by atoms with van der Waals surface area (Å²) in [6.45, 7) is 0. The van der Waals surface area contributed by atoms with Crippen molar-refractivity contribution in [3.05, 3.63) is 119 Å². The number of rotatable bonds is 9. The van der Waals surface area contributed by atoms with Crippen LogP contribution in [0.5, 0.6) is 0 Å². The number of para-hydroxylation sites is 3. The van der Waals surface area contributed by atoms with E-state index in [1.54, 1.807) is 12.1 Å². The molecule has 0 aliphatic heterocycles. The topological polar surface area (TPSA) is 108 Å². The Kier molecular flexibility index (Phi) is 9.20. The third-order valence-corrected chi connectivity index (χ3v) is 11.6. The highest BCUT2D eigenvalue weighted by Gasteiger charge is 2.62. The van der Waals surface area contributed by atoms with E-state index in [1.165, 1.54) is 0 Å². The summed E-state index contributed by atoms with van der Waals surface area (Å²) in [6, 6.07) is 34.4. The van der Waals surface area contributed by atoms with Crippen molar-refractivity contribution < 1.29 is 9.59 Å². The molecule has 2 saturated carbocycles. The second-order valence-electron chi connectivity index (χ2n) is 13.9. The second kappa shape index (κ2) is 14.1. The van der Waals surface area contributed by atoms with E-state index in [1.807, 2.05) is 97.1 Å². The molecule has 6 aromatic rings. The summed E-state index contributed by atoms with van der Waals surface area (Å²) in [5, 5.41) is 15.9. The average molecular weight is 730 g/mol. The number of benzene rings is 4. The summed E-state index contributed by atoms with van der Waals surface area (Å²) >= 11 is 12.5. The van der Waals surface area contributed by atoms with Gasteiger partial charge in [-0.15, -0.1) is 0 Å². The van der Waals surface area contributed by atoms with Gasteiger partial charge in [0.2, 0.25) is 11.8 Å². The molecule has 0 atom stereocenters. The Hall–Kier alpha value is -5.18. The van der Waals surface area contributed by atoms with Crippen LogP contribution in [-0.2, 0) is 9.59 Å². The Labute approximate surface area is 312 Å². The van der Waals surface area contributed by atoms with Crippen LogP contribution in [0.4, 0.5) is 34.4 Å². The number of anilines is 6. The molecule has 0 spiro atoms. The lowest BCUT2D eigenvalue weighted by atomic mass is 9.59. The highest BCUT2D eigenvalue weighted by molar-refractivity contribution is 6.42. The minimum absolute atomic E-state index is 0.106. The van der Waals surface area contributed by atoms with E-state index in [-0.39, 0.29) is 11.8 Å². The lowest BCUT2D eigenvalue weighted by molar-refractivity contribution is -0.145. The second-order valence-corrected chi connectivity index (χ2v) is 14.7. The number of carbonyl (C=O) groups is 2. The number of amides is 2. The van der Waals surface area contributed by atoms with E-state index < -0.39 is 10.8 Å². The third-order valence-electron chi connectivity index (χ3n) is 10.9. The fraction of sp³-hybridized carbons (Fsp3) is 0.238. The van der Waals surface area contributed by atoms with Crippen LogP contribution in [0.25, 0.3) is 21.8 Å². The zero-order valence-electron chi connectivity index (χ0n) is 28.5. The normalized spacial score (nSPS) is 16.1. The van der Waals surface area contributed by atoms with Crippen LogP contribution in [-0.4, -0.2) is 21.8 Å². The summed E-state index contributed by atoms with van der Waals surface area (Å²) in [5.74, 6) is 0.949. The number of hydrogen-bond donors (Lipinski definition) is 4. The molecule has 10 heteroatoms. The van der Waals surface area contributed by atoms with E-state index in [9.17, 15) is 9.59 Å². The Balaban J connectivity index is 1.14. The van der Waals surface area contributed by atoms with Crippen molar-refractivity contribution in [2.75, 3.05) is 21.3 Å². The molecule has 0 bridgehead atoms. The zero-order valence-corrected chi connectivity index (χ0v) is 30.0. The van der Waals surface area contributed by atoms with Crippen LogP contribution in [0.15, 0.2) is 109 Å². The minimum atomic E-state index is -0.886. The van der Waals surface area contributed by atoms with Crippen molar-refractivity contribution in [1.82, 2.24) is 9.97 Å². The van der Waals surface area contributed by atoms with Crippen molar-refractivity contribution in [1.29, 1.82) is 0 Å². The van der Waals surface area contributed by atoms with Gasteiger partial charge in [-0.3, -0.25) is 9.59 Å². The van der Waals surface area contributed by atoms with E-state index in [4.69, 9.17) is 33.2 Å². The molecule has 4 aromatic carbocycles. The van der Waals surface area contributed by atoms with Gasteiger partial charge in [-0.05, 0) is 68.1 Å². The van der Waals surface area contributed by atoms with E-state index in [2.05, 4.69) is 21.3 Å². The first-order valence-electron chi connectivity index (χ1n) is 17.8. The minimum Gasteiger partial charge on any atom is -0.340 e. The van der Waals surface area contributed by atoms with Gasteiger partial charge in [0.05, 0.1) is 43.3 Å². The molecule has 2 heterocycles. The van der Waals surface area contributed by atoms with Gasteiger partial charge in [0.15, 0.2) is 0 Å².